The van der Waals surface area contributed by atoms with E-state index in [4.69, 9.17) is 10.00 Å². The average Bonchev–Trinajstić information content (AvgIpc) is 2.51. The lowest BCUT2D eigenvalue weighted by Gasteiger charge is -2.10. The Morgan fingerprint density at radius 2 is 2.10 bits per heavy atom. The van der Waals surface area contributed by atoms with Gasteiger partial charge in [0.1, 0.15) is 24.1 Å². The smallest absolute Gasteiger partial charge is 0.140 e. The van der Waals surface area contributed by atoms with Gasteiger partial charge in [0.05, 0.1) is 0 Å². The van der Waals surface area contributed by atoms with Gasteiger partial charge in [-0.15, -0.1) is 0 Å². The molecule has 108 valence electrons. The summed E-state index contributed by atoms with van der Waals surface area (Å²) in [4.78, 5) is 3.94. The van der Waals surface area contributed by atoms with E-state index in [2.05, 4.69) is 30.2 Å². The Morgan fingerprint density at radius 1 is 1.24 bits per heavy atom. The van der Waals surface area contributed by atoms with Gasteiger partial charge in [-0.25, -0.2) is 4.98 Å². The second kappa shape index (κ2) is 7.41. The van der Waals surface area contributed by atoms with Crippen LogP contribution in [0.3, 0.4) is 0 Å². The van der Waals surface area contributed by atoms with E-state index in [-0.39, 0.29) is 0 Å². The molecule has 0 aliphatic rings. The standard InChI is InChI=1S/C17H19N3O/c1-13(2)20-11-14-4-3-5-17(9-14)21-12-15-6-7-19-16(8-15)10-18/h3-9,13,20H,11-12H2,1-2H3. The minimum Gasteiger partial charge on any atom is -0.489 e. The maximum Gasteiger partial charge on any atom is 0.140 e. The fourth-order valence-electron chi connectivity index (χ4n) is 1.86. The number of hydrogen-bond acceptors (Lipinski definition) is 4. The molecular weight excluding hydrogens is 262 g/mol. The molecule has 0 aliphatic carbocycles. The molecule has 0 spiro atoms. The molecule has 0 saturated carbocycles. The lowest BCUT2D eigenvalue weighted by molar-refractivity contribution is 0.305. The van der Waals surface area contributed by atoms with Crippen LogP contribution in [0.25, 0.3) is 0 Å². The van der Waals surface area contributed by atoms with Gasteiger partial charge in [0, 0.05) is 18.8 Å². The van der Waals surface area contributed by atoms with Gasteiger partial charge in [-0.1, -0.05) is 26.0 Å². The Hall–Kier alpha value is -2.38. The Kier molecular flexibility index (Phi) is 5.30. The molecule has 0 atom stereocenters. The zero-order chi connectivity index (χ0) is 15.1. The van der Waals surface area contributed by atoms with E-state index in [0.717, 1.165) is 17.9 Å². The van der Waals surface area contributed by atoms with Crippen LogP contribution in [0.5, 0.6) is 5.75 Å². The average molecular weight is 281 g/mol. The number of ether oxygens (including phenoxy) is 1. The monoisotopic (exact) mass is 281 g/mol. The molecule has 0 radical (unpaired) electrons. The van der Waals surface area contributed by atoms with Gasteiger partial charge in [-0.2, -0.15) is 5.26 Å². The highest BCUT2D eigenvalue weighted by molar-refractivity contribution is 5.29. The summed E-state index contributed by atoms with van der Waals surface area (Å²) in [5, 5.41) is 12.2. The van der Waals surface area contributed by atoms with Gasteiger partial charge in [0.25, 0.3) is 0 Å². The summed E-state index contributed by atoms with van der Waals surface area (Å²) in [6.45, 7) is 5.49. The number of nitrogens with zero attached hydrogens (tertiary/aromatic N) is 2. The van der Waals surface area contributed by atoms with Crippen LogP contribution >= 0.6 is 0 Å². The maximum atomic E-state index is 8.83. The fourth-order valence-corrected chi connectivity index (χ4v) is 1.86. The third kappa shape index (κ3) is 4.90. The zero-order valence-electron chi connectivity index (χ0n) is 12.3. The van der Waals surface area contributed by atoms with Crippen LogP contribution in [0.15, 0.2) is 42.6 Å². The molecule has 1 N–H and O–H groups in total. The highest BCUT2D eigenvalue weighted by atomic mass is 16.5. The van der Waals surface area contributed by atoms with Crippen molar-refractivity contribution in [1.82, 2.24) is 10.3 Å². The molecular formula is C17H19N3O. The minimum atomic E-state index is 0.408. The zero-order valence-corrected chi connectivity index (χ0v) is 12.3. The van der Waals surface area contributed by atoms with Crippen molar-refractivity contribution in [3.63, 3.8) is 0 Å². The summed E-state index contributed by atoms with van der Waals surface area (Å²) in [6.07, 6.45) is 1.63. The molecule has 21 heavy (non-hydrogen) atoms. The predicted molar refractivity (Wildman–Crippen MR) is 81.7 cm³/mol. The normalized spacial score (nSPS) is 10.4. The number of benzene rings is 1. The van der Waals surface area contributed by atoms with Crippen molar-refractivity contribution in [3.05, 3.63) is 59.4 Å². The van der Waals surface area contributed by atoms with Crippen molar-refractivity contribution in [2.45, 2.75) is 33.0 Å². The Morgan fingerprint density at radius 3 is 2.86 bits per heavy atom. The van der Waals surface area contributed by atoms with E-state index in [1.165, 1.54) is 5.56 Å². The topological polar surface area (TPSA) is 57.9 Å². The highest BCUT2D eigenvalue weighted by Crippen LogP contribution is 2.15. The van der Waals surface area contributed by atoms with Gasteiger partial charge in [-0.05, 0) is 35.4 Å². The Labute approximate surface area is 125 Å². The largest absolute Gasteiger partial charge is 0.489 e. The molecule has 0 saturated heterocycles. The molecule has 0 fully saturated rings. The molecule has 0 aliphatic heterocycles. The van der Waals surface area contributed by atoms with E-state index in [1.54, 1.807) is 12.3 Å². The number of nitriles is 1. The number of nitrogens with one attached hydrogen (secondary N) is 1. The lowest BCUT2D eigenvalue weighted by atomic mass is 10.2. The first-order valence-corrected chi connectivity index (χ1v) is 6.97. The van der Waals surface area contributed by atoms with Crippen LogP contribution in [0, 0.1) is 11.3 Å². The molecule has 1 aromatic carbocycles. The van der Waals surface area contributed by atoms with E-state index in [1.807, 2.05) is 30.3 Å². The first-order chi connectivity index (χ1) is 10.2. The van der Waals surface area contributed by atoms with E-state index >= 15 is 0 Å². The molecule has 0 bridgehead atoms. The Bertz CT molecular complexity index is 632. The summed E-state index contributed by atoms with van der Waals surface area (Å²) < 4.78 is 5.77. The van der Waals surface area contributed by atoms with Gasteiger partial charge in [0.2, 0.25) is 0 Å². The summed E-state index contributed by atoms with van der Waals surface area (Å²) in [7, 11) is 0. The fraction of sp³-hybridized carbons (Fsp3) is 0.294. The summed E-state index contributed by atoms with van der Waals surface area (Å²) in [5.74, 6) is 0.827. The van der Waals surface area contributed by atoms with E-state index in [0.29, 0.717) is 18.3 Å². The van der Waals surface area contributed by atoms with Gasteiger partial charge in [0.15, 0.2) is 0 Å². The van der Waals surface area contributed by atoms with Crippen LogP contribution in [0.2, 0.25) is 0 Å². The van der Waals surface area contributed by atoms with E-state index in [9.17, 15) is 0 Å². The quantitative estimate of drug-likeness (QED) is 0.884. The minimum absolute atomic E-state index is 0.408. The third-order valence-corrected chi connectivity index (χ3v) is 2.96. The van der Waals surface area contributed by atoms with Crippen molar-refractivity contribution in [2.75, 3.05) is 0 Å². The molecule has 4 heteroatoms. The van der Waals surface area contributed by atoms with Crippen molar-refractivity contribution >= 4 is 0 Å². The second-order valence-corrected chi connectivity index (χ2v) is 5.13. The molecule has 2 rings (SSSR count). The first kappa shape index (κ1) is 15.0. The van der Waals surface area contributed by atoms with Gasteiger partial charge in [-0.3, -0.25) is 0 Å². The summed E-state index contributed by atoms with van der Waals surface area (Å²) >= 11 is 0. The van der Waals surface area contributed by atoms with Crippen molar-refractivity contribution in [3.8, 4) is 11.8 Å². The summed E-state index contributed by atoms with van der Waals surface area (Å²) in [5.41, 5.74) is 2.53. The number of hydrogen-bond donors (Lipinski definition) is 1. The van der Waals surface area contributed by atoms with Crippen molar-refractivity contribution in [1.29, 1.82) is 5.26 Å². The summed E-state index contributed by atoms with van der Waals surface area (Å²) in [6, 6.07) is 14.1. The first-order valence-electron chi connectivity index (χ1n) is 6.97. The third-order valence-electron chi connectivity index (χ3n) is 2.96. The molecule has 1 aromatic heterocycles. The van der Waals surface area contributed by atoms with Crippen LogP contribution in [0.4, 0.5) is 0 Å². The maximum absolute atomic E-state index is 8.83. The van der Waals surface area contributed by atoms with Crippen LogP contribution in [-0.2, 0) is 13.2 Å². The molecule has 2 aromatic rings. The molecule has 0 unspecified atom stereocenters. The lowest BCUT2D eigenvalue weighted by Crippen LogP contribution is -2.21. The highest BCUT2D eigenvalue weighted by Gasteiger charge is 2.01. The van der Waals surface area contributed by atoms with Crippen molar-refractivity contribution < 1.29 is 4.74 Å². The predicted octanol–water partition coefficient (Wildman–Crippen LogP) is 3.03. The molecule has 1 heterocycles. The van der Waals surface area contributed by atoms with Gasteiger partial charge < -0.3 is 10.1 Å². The number of pyridine rings is 1. The number of rotatable bonds is 6. The van der Waals surface area contributed by atoms with Gasteiger partial charge >= 0.3 is 0 Å². The number of aromatic nitrogens is 1. The SMILES string of the molecule is CC(C)NCc1cccc(OCc2ccnc(C#N)c2)c1. The van der Waals surface area contributed by atoms with E-state index < -0.39 is 0 Å². The van der Waals surface area contributed by atoms with Crippen LogP contribution in [0.1, 0.15) is 30.7 Å². The molecule has 0 amide bonds. The molecule has 4 nitrogen and oxygen atoms in total. The van der Waals surface area contributed by atoms with Crippen LogP contribution < -0.4 is 10.1 Å². The second-order valence-electron chi connectivity index (χ2n) is 5.13. The van der Waals surface area contributed by atoms with Crippen LogP contribution in [-0.4, -0.2) is 11.0 Å². The van der Waals surface area contributed by atoms with Crippen molar-refractivity contribution in [2.24, 2.45) is 0 Å². The Balaban J connectivity index is 1.96.